The average molecular weight is 167 g/mol. The third-order valence-electron chi connectivity index (χ3n) is 1.91. The lowest BCUT2D eigenvalue weighted by atomic mass is 9.88. The number of aromatic nitrogens is 2. The van der Waals surface area contributed by atoms with Crippen molar-refractivity contribution in [3.05, 3.63) is 17.5 Å². The molecule has 0 aliphatic carbocycles. The summed E-state index contributed by atoms with van der Waals surface area (Å²) < 4.78 is 0. The van der Waals surface area contributed by atoms with E-state index < -0.39 is 0 Å². The van der Waals surface area contributed by atoms with Crippen molar-refractivity contribution in [2.45, 2.75) is 39.2 Å². The van der Waals surface area contributed by atoms with Gasteiger partial charge in [0.15, 0.2) is 0 Å². The molecule has 0 radical (unpaired) electrons. The first-order chi connectivity index (χ1) is 5.43. The summed E-state index contributed by atoms with van der Waals surface area (Å²) in [6.07, 6.45) is 1.81. The zero-order valence-corrected chi connectivity index (χ0v) is 8.18. The predicted octanol–water partition coefficient (Wildman–Crippen LogP) is 1.73. The van der Waals surface area contributed by atoms with Gasteiger partial charge in [0.25, 0.3) is 0 Å². The van der Waals surface area contributed by atoms with E-state index in [9.17, 15) is 0 Å². The van der Waals surface area contributed by atoms with E-state index >= 15 is 0 Å². The Labute approximate surface area is 73.4 Å². The summed E-state index contributed by atoms with van der Waals surface area (Å²) in [6, 6.07) is 0.0537. The molecule has 0 bridgehead atoms. The normalized spacial score (nSPS) is 14.8. The van der Waals surface area contributed by atoms with Gasteiger partial charge in [-0.05, 0) is 6.92 Å². The van der Waals surface area contributed by atoms with E-state index in [0.29, 0.717) is 0 Å². The Balaban J connectivity index is 3.08. The van der Waals surface area contributed by atoms with Crippen molar-refractivity contribution in [2.24, 2.45) is 5.73 Å². The Morgan fingerprint density at radius 2 is 2.08 bits per heavy atom. The van der Waals surface area contributed by atoms with Crippen LogP contribution in [0.5, 0.6) is 0 Å². The molecule has 1 heterocycles. The molecule has 0 aliphatic rings. The number of nitrogens with two attached hydrogens (primary N) is 1. The minimum Gasteiger partial charge on any atom is -0.324 e. The molecule has 0 saturated carbocycles. The summed E-state index contributed by atoms with van der Waals surface area (Å²) >= 11 is 0. The first kappa shape index (κ1) is 9.26. The van der Waals surface area contributed by atoms with Gasteiger partial charge in [-0.15, -0.1) is 0 Å². The molecule has 3 N–H and O–H groups in total. The molecule has 1 aromatic heterocycles. The zero-order chi connectivity index (χ0) is 9.35. The van der Waals surface area contributed by atoms with Gasteiger partial charge in [0.1, 0.15) is 0 Å². The number of hydrogen-bond acceptors (Lipinski definition) is 2. The lowest BCUT2D eigenvalue weighted by Crippen LogP contribution is -2.17. The van der Waals surface area contributed by atoms with E-state index in [-0.39, 0.29) is 11.5 Å². The molecule has 0 aliphatic heterocycles. The monoisotopic (exact) mass is 167 g/mol. The first-order valence-corrected chi connectivity index (χ1v) is 4.22. The summed E-state index contributed by atoms with van der Waals surface area (Å²) in [5.41, 5.74) is 8.14. The molecule has 1 aromatic rings. The highest BCUT2D eigenvalue weighted by molar-refractivity contribution is 5.25. The van der Waals surface area contributed by atoms with Gasteiger partial charge in [-0.2, -0.15) is 5.10 Å². The van der Waals surface area contributed by atoms with Crippen LogP contribution in [-0.2, 0) is 5.41 Å². The molecule has 0 fully saturated rings. The lowest BCUT2D eigenvalue weighted by molar-refractivity contribution is 0.554. The molecule has 1 rings (SSSR count). The minimum atomic E-state index is 0.0537. The summed E-state index contributed by atoms with van der Waals surface area (Å²) in [7, 11) is 0. The molecule has 68 valence electrons. The Kier molecular flexibility index (Phi) is 2.24. The summed E-state index contributed by atoms with van der Waals surface area (Å²) in [5, 5.41) is 7.00. The molecule has 0 aromatic carbocycles. The number of nitrogens with zero attached hydrogens (tertiary/aromatic N) is 1. The summed E-state index contributed by atoms with van der Waals surface area (Å²) in [6.45, 7) is 8.41. The Hall–Kier alpha value is -0.830. The number of nitrogens with one attached hydrogen (secondary N) is 1. The van der Waals surface area contributed by atoms with E-state index in [2.05, 4.69) is 31.0 Å². The third-order valence-corrected chi connectivity index (χ3v) is 1.91. The van der Waals surface area contributed by atoms with Crippen LogP contribution >= 0.6 is 0 Å². The van der Waals surface area contributed by atoms with Crippen LogP contribution in [0.15, 0.2) is 6.20 Å². The highest BCUT2D eigenvalue weighted by atomic mass is 15.1. The van der Waals surface area contributed by atoms with Crippen molar-refractivity contribution in [3.8, 4) is 0 Å². The average Bonchev–Trinajstić information content (AvgIpc) is 2.30. The fourth-order valence-corrected chi connectivity index (χ4v) is 1.24. The maximum absolute atomic E-state index is 5.80. The smallest absolute Gasteiger partial charge is 0.0538 e. The topological polar surface area (TPSA) is 54.7 Å². The van der Waals surface area contributed by atoms with Gasteiger partial charge < -0.3 is 5.73 Å². The van der Waals surface area contributed by atoms with Crippen molar-refractivity contribution in [3.63, 3.8) is 0 Å². The van der Waals surface area contributed by atoms with Crippen LogP contribution in [0, 0.1) is 0 Å². The van der Waals surface area contributed by atoms with E-state index in [1.54, 1.807) is 0 Å². The molecule has 0 spiro atoms. The van der Waals surface area contributed by atoms with Crippen LogP contribution in [0.4, 0.5) is 0 Å². The van der Waals surface area contributed by atoms with Crippen molar-refractivity contribution < 1.29 is 0 Å². The van der Waals surface area contributed by atoms with Gasteiger partial charge >= 0.3 is 0 Å². The van der Waals surface area contributed by atoms with Crippen molar-refractivity contribution in [1.82, 2.24) is 10.2 Å². The quantitative estimate of drug-likeness (QED) is 0.669. The predicted molar refractivity (Wildman–Crippen MR) is 49.9 cm³/mol. The van der Waals surface area contributed by atoms with Crippen molar-refractivity contribution in [2.75, 3.05) is 0 Å². The van der Waals surface area contributed by atoms with Crippen LogP contribution < -0.4 is 5.73 Å². The van der Waals surface area contributed by atoms with Gasteiger partial charge in [0, 0.05) is 22.7 Å². The van der Waals surface area contributed by atoms with Crippen LogP contribution in [-0.4, -0.2) is 10.2 Å². The molecule has 0 amide bonds. The maximum Gasteiger partial charge on any atom is 0.0538 e. The van der Waals surface area contributed by atoms with E-state index in [0.717, 1.165) is 11.3 Å². The summed E-state index contributed by atoms with van der Waals surface area (Å²) in [4.78, 5) is 0. The first-order valence-electron chi connectivity index (χ1n) is 4.22. The van der Waals surface area contributed by atoms with Gasteiger partial charge in [-0.3, -0.25) is 5.10 Å². The number of hydrogen-bond donors (Lipinski definition) is 2. The standard InChI is InChI=1S/C9H17N3/c1-6(10)7-5-11-12-8(7)9(2,3)4/h5-6H,10H2,1-4H3,(H,11,12)/t6-/m1/s1. The molecule has 3 nitrogen and oxygen atoms in total. The number of aromatic amines is 1. The molecule has 3 heteroatoms. The van der Waals surface area contributed by atoms with Gasteiger partial charge in [0.05, 0.1) is 6.20 Å². The minimum absolute atomic E-state index is 0.0537. The third kappa shape index (κ3) is 1.67. The van der Waals surface area contributed by atoms with Crippen molar-refractivity contribution >= 4 is 0 Å². The highest BCUT2D eigenvalue weighted by Crippen LogP contribution is 2.26. The van der Waals surface area contributed by atoms with Crippen LogP contribution in [0.2, 0.25) is 0 Å². The Bertz CT molecular complexity index is 255. The van der Waals surface area contributed by atoms with Crippen molar-refractivity contribution in [1.29, 1.82) is 0 Å². The lowest BCUT2D eigenvalue weighted by Gasteiger charge is -2.19. The molecule has 12 heavy (non-hydrogen) atoms. The Morgan fingerprint density at radius 1 is 1.50 bits per heavy atom. The summed E-state index contributed by atoms with van der Waals surface area (Å²) in [5.74, 6) is 0. The number of H-pyrrole nitrogens is 1. The molecular formula is C9H17N3. The van der Waals surface area contributed by atoms with Crippen LogP contribution in [0.3, 0.4) is 0 Å². The van der Waals surface area contributed by atoms with E-state index in [4.69, 9.17) is 5.73 Å². The van der Waals surface area contributed by atoms with Crippen LogP contribution in [0.25, 0.3) is 0 Å². The zero-order valence-electron chi connectivity index (χ0n) is 8.18. The van der Waals surface area contributed by atoms with E-state index in [1.165, 1.54) is 0 Å². The van der Waals surface area contributed by atoms with Gasteiger partial charge in [0.2, 0.25) is 0 Å². The fraction of sp³-hybridized carbons (Fsp3) is 0.667. The number of rotatable bonds is 1. The largest absolute Gasteiger partial charge is 0.324 e. The maximum atomic E-state index is 5.80. The molecule has 0 unspecified atom stereocenters. The molecule has 0 saturated heterocycles. The molecule has 1 atom stereocenters. The second-order valence-electron chi connectivity index (χ2n) is 4.24. The van der Waals surface area contributed by atoms with E-state index in [1.807, 2.05) is 13.1 Å². The Morgan fingerprint density at radius 3 is 2.42 bits per heavy atom. The van der Waals surface area contributed by atoms with Gasteiger partial charge in [-0.1, -0.05) is 20.8 Å². The van der Waals surface area contributed by atoms with Gasteiger partial charge in [-0.25, -0.2) is 0 Å². The fourth-order valence-electron chi connectivity index (χ4n) is 1.24. The highest BCUT2D eigenvalue weighted by Gasteiger charge is 2.21. The molecular weight excluding hydrogens is 150 g/mol. The SMILES string of the molecule is C[C@@H](N)c1cn[nH]c1C(C)(C)C. The second kappa shape index (κ2) is 2.90. The second-order valence-corrected chi connectivity index (χ2v) is 4.24. The van der Waals surface area contributed by atoms with Crippen LogP contribution in [0.1, 0.15) is 45.0 Å².